The van der Waals surface area contributed by atoms with E-state index in [1.807, 2.05) is 35.8 Å². The monoisotopic (exact) mass is 273 g/mol. The van der Waals surface area contributed by atoms with Gasteiger partial charge in [-0.15, -0.1) is 0 Å². The molecule has 6 nitrogen and oxygen atoms in total. The molecule has 1 N–H and O–H groups in total. The highest BCUT2D eigenvalue weighted by molar-refractivity contribution is 6.43. The van der Waals surface area contributed by atoms with Crippen LogP contribution >= 0.6 is 0 Å². The summed E-state index contributed by atoms with van der Waals surface area (Å²) in [6, 6.07) is 9.41. The Hall–Kier alpha value is -2.47. The maximum atomic E-state index is 12.1. The van der Waals surface area contributed by atoms with Gasteiger partial charge >= 0.3 is 5.91 Å². The highest BCUT2D eigenvalue weighted by atomic mass is 16.6. The number of hydroxylamine groups is 1. The molecule has 0 aliphatic carbocycles. The summed E-state index contributed by atoms with van der Waals surface area (Å²) < 4.78 is 1.64. The third-order valence-corrected chi connectivity index (χ3v) is 2.92. The number of ketones is 1. The van der Waals surface area contributed by atoms with E-state index in [1.54, 1.807) is 18.5 Å². The number of rotatable bonds is 4. The van der Waals surface area contributed by atoms with Crippen LogP contribution in [0.1, 0.15) is 21.7 Å². The first kappa shape index (κ1) is 14.0. The molecule has 6 heteroatoms. The first-order chi connectivity index (χ1) is 9.56. The number of para-hydroxylation sites is 1. The number of hydrogen-bond donors (Lipinski definition) is 1. The third kappa shape index (κ3) is 2.46. The number of Topliss-reactive ketones (excluding diaryl/α,β-unsaturated/α-hetero) is 1. The van der Waals surface area contributed by atoms with Crippen LogP contribution in [0.5, 0.6) is 0 Å². The molecule has 0 saturated heterocycles. The van der Waals surface area contributed by atoms with Gasteiger partial charge in [-0.1, -0.05) is 18.2 Å². The topological polar surface area (TPSA) is 73.2 Å². The summed E-state index contributed by atoms with van der Waals surface area (Å²) >= 11 is 0. The van der Waals surface area contributed by atoms with Crippen molar-refractivity contribution < 1.29 is 14.4 Å². The standard InChI is InChI=1S/C14H15N3O3/c1-9-12(13(18)14(19)16-20-3)10(2)17(15-9)11-7-5-4-6-8-11/h4-8H,1-3H3,(H,16,19). The molecule has 0 aliphatic heterocycles. The Kier molecular flexibility index (Phi) is 3.95. The van der Waals surface area contributed by atoms with Crippen molar-refractivity contribution in [3.8, 4) is 5.69 Å². The molecule has 0 unspecified atom stereocenters. The Morgan fingerprint density at radius 3 is 2.45 bits per heavy atom. The Bertz CT molecular complexity index is 647. The van der Waals surface area contributed by atoms with Crippen molar-refractivity contribution in [2.45, 2.75) is 13.8 Å². The molecular formula is C14H15N3O3. The minimum atomic E-state index is -0.814. The highest BCUT2D eigenvalue weighted by Crippen LogP contribution is 2.18. The number of hydrogen-bond acceptors (Lipinski definition) is 4. The van der Waals surface area contributed by atoms with Crippen molar-refractivity contribution in [1.29, 1.82) is 0 Å². The SMILES string of the molecule is CONC(=O)C(=O)c1c(C)nn(-c2ccccc2)c1C. The van der Waals surface area contributed by atoms with Gasteiger partial charge in [0.25, 0.3) is 5.78 Å². The van der Waals surface area contributed by atoms with Crippen molar-refractivity contribution >= 4 is 11.7 Å². The lowest BCUT2D eigenvalue weighted by molar-refractivity contribution is -0.126. The molecule has 2 rings (SSSR count). The van der Waals surface area contributed by atoms with Gasteiger partial charge in [-0.2, -0.15) is 5.10 Å². The van der Waals surface area contributed by atoms with Crippen LogP contribution in [0.3, 0.4) is 0 Å². The number of carbonyl (C=O) groups excluding carboxylic acids is 2. The zero-order chi connectivity index (χ0) is 14.7. The van der Waals surface area contributed by atoms with Gasteiger partial charge in [0, 0.05) is 0 Å². The predicted molar refractivity (Wildman–Crippen MR) is 72.5 cm³/mol. The van der Waals surface area contributed by atoms with E-state index in [-0.39, 0.29) is 0 Å². The number of carbonyl (C=O) groups is 2. The third-order valence-electron chi connectivity index (χ3n) is 2.92. The number of nitrogens with zero attached hydrogens (tertiary/aromatic N) is 2. The molecule has 20 heavy (non-hydrogen) atoms. The summed E-state index contributed by atoms with van der Waals surface area (Å²) in [6.07, 6.45) is 0. The predicted octanol–water partition coefficient (Wildman–Crippen LogP) is 1.35. The second kappa shape index (κ2) is 5.66. The van der Waals surface area contributed by atoms with Gasteiger partial charge < -0.3 is 0 Å². The maximum absolute atomic E-state index is 12.1. The van der Waals surface area contributed by atoms with Gasteiger partial charge in [-0.05, 0) is 26.0 Å². The largest absolute Gasteiger partial charge is 0.316 e. The van der Waals surface area contributed by atoms with E-state index in [1.165, 1.54) is 7.11 Å². The van der Waals surface area contributed by atoms with E-state index in [9.17, 15) is 9.59 Å². The molecule has 0 bridgehead atoms. The van der Waals surface area contributed by atoms with E-state index in [2.05, 4.69) is 9.94 Å². The molecule has 0 saturated carbocycles. The summed E-state index contributed by atoms with van der Waals surface area (Å²) in [6.45, 7) is 3.44. The van der Waals surface area contributed by atoms with Crippen LogP contribution in [0.15, 0.2) is 30.3 Å². The summed E-state index contributed by atoms with van der Waals surface area (Å²) in [5, 5.41) is 4.32. The molecule has 0 radical (unpaired) electrons. The molecule has 1 aromatic heterocycles. The summed E-state index contributed by atoms with van der Waals surface area (Å²) in [5.74, 6) is -1.48. The molecule has 1 amide bonds. The van der Waals surface area contributed by atoms with E-state index >= 15 is 0 Å². The van der Waals surface area contributed by atoms with Crippen LogP contribution in [0.2, 0.25) is 0 Å². The number of aromatic nitrogens is 2. The lowest BCUT2D eigenvalue weighted by atomic mass is 10.1. The fourth-order valence-electron chi connectivity index (χ4n) is 2.04. The van der Waals surface area contributed by atoms with Crippen LogP contribution in [0.4, 0.5) is 0 Å². The summed E-state index contributed by atoms with van der Waals surface area (Å²) in [7, 11) is 1.28. The molecule has 0 fully saturated rings. The number of amides is 1. The average molecular weight is 273 g/mol. The average Bonchev–Trinajstić information content (AvgIpc) is 2.74. The van der Waals surface area contributed by atoms with Crippen molar-refractivity contribution in [3.63, 3.8) is 0 Å². The van der Waals surface area contributed by atoms with E-state index in [4.69, 9.17) is 0 Å². The van der Waals surface area contributed by atoms with Gasteiger partial charge in [0.05, 0.1) is 29.7 Å². The molecule has 0 aliphatic rings. The van der Waals surface area contributed by atoms with Gasteiger partial charge in [0.15, 0.2) is 0 Å². The van der Waals surface area contributed by atoms with Crippen molar-refractivity contribution in [1.82, 2.24) is 15.3 Å². The van der Waals surface area contributed by atoms with Crippen molar-refractivity contribution in [2.75, 3.05) is 7.11 Å². The maximum Gasteiger partial charge on any atom is 0.316 e. The molecule has 104 valence electrons. The van der Waals surface area contributed by atoms with Gasteiger partial charge in [0.1, 0.15) is 0 Å². The number of aryl methyl sites for hydroxylation is 1. The molecule has 0 atom stereocenters. The summed E-state index contributed by atoms with van der Waals surface area (Å²) in [5.41, 5.74) is 4.27. The van der Waals surface area contributed by atoms with Crippen LogP contribution in [0, 0.1) is 13.8 Å². The summed E-state index contributed by atoms with van der Waals surface area (Å²) in [4.78, 5) is 28.1. The second-order valence-corrected chi connectivity index (χ2v) is 4.26. The smallest absolute Gasteiger partial charge is 0.283 e. The van der Waals surface area contributed by atoms with E-state index < -0.39 is 11.7 Å². The molecular weight excluding hydrogens is 258 g/mol. The first-order valence-corrected chi connectivity index (χ1v) is 6.05. The lowest BCUT2D eigenvalue weighted by Crippen LogP contribution is -2.30. The number of benzene rings is 1. The van der Waals surface area contributed by atoms with Crippen LogP contribution < -0.4 is 5.48 Å². The highest BCUT2D eigenvalue weighted by Gasteiger charge is 2.24. The molecule has 0 spiro atoms. The molecule has 2 aromatic rings. The second-order valence-electron chi connectivity index (χ2n) is 4.26. The lowest BCUT2D eigenvalue weighted by Gasteiger charge is -2.04. The molecule has 1 heterocycles. The zero-order valence-electron chi connectivity index (χ0n) is 11.5. The molecule has 1 aromatic carbocycles. The Morgan fingerprint density at radius 2 is 1.85 bits per heavy atom. The normalized spacial score (nSPS) is 10.3. The minimum absolute atomic E-state index is 0.295. The Balaban J connectivity index is 2.45. The Morgan fingerprint density at radius 1 is 1.20 bits per heavy atom. The van der Waals surface area contributed by atoms with Crippen molar-refractivity contribution in [3.05, 3.63) is 47.3 Å². The van der Waals surface area contributed by atoms with E-state index in [0.717, 1.165) is 5.69 Å². The first-order valence-electron chi connectivity index (χ1n) is 6.05. The van der Waals surface area contributed by atoms with Gasteiger partial charge in [-0.3, -0.25) is 14.4 Å². The van der Waals surface area contributed by atoms with Gasteiger partial charge in [0.2, 0.25) is 0 Å². The van der Waals surface area contributed by atoms with Gasteiger partial charge in [-0.25, -0.2) is 10.2 Å². The zero-order valence-corrected chi connectivity index (χ0v) is 11.5. The van der Waals surface area contributed by atoms with Crippen molar-refractivity contribution in [2.24, 2.45) is 0 Å². The minimum Gasteiger partial charge on any atom is -0.283 e. The van der Waals surface area contributed by atoms with E-state index in [0.29, 0.717) is 17.0 Å². The van der Waals surface area contributed by atoms with Crippen LogP contribution in [0.25, 0.3) is 5.69 Å². The van der Waals surface area contributed by atoms with Crippen LogP contribution in [-0.4, -0.2) is 28.6 Å². The quantitative estimate of drug-likeness (QED) is 0.518. The van der Waals surface area contributed by atoms with Crippen LogP contribution in [-0.2, 0) is 9.63 Å². The fourth-order valence-corrected chi connectivity index (χ4v) is 2.04. The fraction of sp³-hybridized carbons (Fsp3) is 0.214. The number of nitrogens with one attached hydrogen (secondary N) is 1. The Labute approximate surface area is 116 Å².